The van der Waals surface area contributed by atoms with Crippen LogP contribution in [0.5, 0.6) is 0 Å². The first-order valence-electron chi connectivity index (χ1n) is 4.68. The molecule has 0 bridgehead atoms. The van der Waals surface area contributed by atoms with Gasteiger partial charge in [-0.1, -0.05) is 0 Å². The van der Waals surface area contributed by atoms with Gasteiger partial charge in [0.15, 0.2) is 0 Å². The molecule has 2 heterocycles. The van der Waals surface area contributed by atoms with E-state index in [1.807, 2.05) is 4.57 Å². The highest BCUT2D eigenvalue weighted by Gasteiger charge is 2.28. The second kappa shape index (κ2) is 4.29. The summed E-state index contributed by atoms with van der Waals surface area (Å²) in [4.78, 5) is 4.06. The summed E-state index contributed by atoms with van der Waals surface area (Å²) in [5, 5.41) is 0. The van der Waals surface area contributed by atoms with Crippen LogP contribution in [0.25, 0.3) is 0 Å². The van der Waals surface area contributed by atoms with Gasteiger partial charge in [0.2, 0.25) is 6.29 Å². The molecule has 4 nitrogen and oxygen atoms in total. The van der Waals surface area contributed by atoms with Crippen LogP contribution in [0, 0.1) is 0 Å². The maximum absolute atomic E-state index is 5.68. The Morgan fingerprint density at radius 1 is 1.71 bits per heavy atom. The number of hydrogen-bond acceptors (Lipinski definition) is 3. The Morgan fingerprint density at radius 3 is 3.21 bits per heavy atom. The molecule has 2 rings (SSSR count). The molecule has 1 fully saturated rings. The minimum atomic E-state index is -0.304. The smallest absolute Gasteiger partial charge is 0.201 e. The molecule has 5 heteroatoms. The first-order chi connectivity index (χ1) is 6.85. The van der Waals surface area contributed by atoms with Gasteiger partial charge in [0.25, 0.3) is 0 Å². The number of aryl methyl sites for hydroxylation is 1. The van der Waals surface area contributed by atoms with Crippen molar-refractivity contribution in [3.05, 3.63) is 18.2 Å². The molecule has 0 aliphatic carbocycles. The van der Waals surface area contributed by atoms with E-state index in [2.05, 4.69) is 11.9 Å². The van der Waals surface area contributed by atoms with Gasteiger partial charge in [-0.2, -0.15) is 0 Å². The quantitative estimate of drug-likeness (QED) is 0.720. The molecular formula is C9H13ClN2O2. The Hall–Kier alpha value is -0.580. The lowest BCUT2D eigenvalue weighted by Gasteiger charge is -2.11. The fraction of sp³-hybridized carbons (Fsp3) is 0.667. The van der Waals surface area contributed by atoms with Crippen LogP contribution in [0.4, 0.5) is 0 Å². The van der Waals surface area contributed by atoms with Gasteiger partial charge < -0.3 is 14.0 Å². The van der Waals surface area contributed by atoms with Crippen LogP contribution in [0.3, 0.4) is 0 Å². The molecule has 1 aromatic heterocycles. The van der Waals surface area contributed by atoms with Crippen molar-refractivity contribution in [2.75, 3.05) is 12.5 Å². The van der Waals surface area contributed by atoms with E-state index in [1.165, 1.54) is 0 Å². The van der Waals surface area contributed by atoms with Gasteiger partial charge in [0.1, 0.15) is 0 Å². The van der Waals surface area contributed by atoms with E-state index in [-0.39, 0.29) is 12.4 Å². The fourth-order valence-electron chi connectivity index (χ4n) is 1.48. The highest BCUT2D eigenvalue weighted by Crippen LogP contribution is 2.26. The van der Waals surface area contributed by atoms with Gasteiger partial charge >= 0.3 is 0 Å². The van der Waals surface area contributed by atoms with E-state index in [4.69, 9.17) is 21.1 Å². The van der Waals surface area contributed by atoms with E-state index in [1.54, 1.807) is 12.5 Å². The zero-order valence-electron chi connectivity index (χ0n) is 8.02. The molecule has 78 valence electrons. The van der Waals surface area contributed by atoms with Crippen molar-refractivity contribution < 1.29 is 9.47 Å². The normalized spacial score (nSPS) is 27.0. The summed E-state index contributed by atoms with van der Waals surface area (Å²) >= 11 is 5.68. The molecule has 2 atom stereocenters. The summed E-state index contributed by atoms with van der Waals surface area (Å²) in [5.74, 6) is 0.469. The van der Waals surface area contributed by atoms with Crippen molar-refractivity contribution >= 4 is 11.6 Å². The lowest BCUT2D eigenvalue weighted by molar-refractivity contribution is -0.0619. The monoisotopic (exact) mass is 216 g/mol. The summed E-state index contributed by atoms with van der Waals surface area (Å²) in [6, 6.07) is 0. The predicted octanol–water partition coefficient (Wildman–Crippen LogP) is 1.56. The van der Waals surface area contributed by atoms with E-state index in [0.717, 1.165) is 12.2 Å². The van der Waals surface area contributed by atoms with Crippen molar-refractivity contribution in [3.63, 3.8) is 0 Å². The van der Waals surface area contributed by atoms with Crippen molar-refractivity contribution in [1.29, 1.82) is 0 Å². The van der Waals surface area contributed by atoms with Crippen LogP contribution < -0.4 is 0 Å². The van der Waals surface area contributed by atoms with Crippen LogP contribution in [0.1, 0.15) is 18.9 Å². The van der Waals surface area contributed by atoms with Gasteiger partial charge in [-0.25, -0.2) is 4.98 Å². The maximum atomic E-state index is 5.68. The molecule has 0 N–H and O–H groups in total. The Morgan fingerprint density at radius 2 is 2.57 bits per heavy atom. The molecule has 0 aromatic carbocycles. The van der Waals surface area contributed by atoms with E-state index in [0.29, 0.717) is 12.5 Å². The zero-order valence-corrected chi connectivity index (χ0v) is 8.78. The van der Waals surface area contributed by atoms with Gasteiger partial charge in [0.05, 0.1) is 36.8 Å². The average molecular weight is 217 g/mol. The minimum Gasteiger partial charge on any atom is -0.344 e. The second-order valence-corrected chi connectivity index (χ2v) is 3.49. The highest BCUT2D eigenvalue weighted by atomic mass is 35.5. The molecule has 2 unspecified atom stereocenters. The topological polar surface area (TPSA) is 36.3 Å². The minimum absolute atomic E-state index is 0.00173. The Labute approximate surface area is 87.8 Å². The van der Waals surface area contributed by atoms with Crippen molar-refractivity contribution in [2.45, 2.75) is 25.9 Å². The number of hydrogen-bond donors (Lipinski definition) is 0. The third-order valence-electron chi connectivity index (χ3n) is 2.25. The van der Waals surface area contributed by atoms with Gasteiger partial charge in [-0.3, -0.25) is 0 Å². The third-order valence-corrected chi connectivity index (χ3v) is 2.59. The molecule has 0 saturated carbocycles. The fourth-order valence-corrected chi connectivity index (χ4v) is 1.64. The second-order valence-electron chi connectivity index (χ2n) is 3.18. The molecule has 1 aliphatic heterocycles. The largest absolute Gasteiger partial charge is 0.344 e. The number of alkyl halides is 1. The molecule has 1 aliphatic rings. The van der Waals surface area contributed by atoms with Crippen molar-refractivity contribution in [3.8, 4) is 0 Å². The number of nitrogens with zero attached hydrogens (tertiary/aromatic N) is 2. The molecular weight excluding hydrogens is 204 g/mol. The van der Waals surface area contributed by atoms with E-state index < -0.39 is 0 Å². The Kier molecular flexibility index (Phi) is 3.05. The summed E-state index contributed by atoms with van der Waals surface area (Å²) < 4.78 is 13.1. The van der Waals surface area contributed by atoms with E-state index in [9.17, 15) is 0 Å². The SMILES string of the molecule is CCn1cncc1C1OCC(CCl)O1. The van der Waals surface area contributed by atoms with Crippen LogP contribution in [-0.4, -0.2) is 28.1 Å². The number of rotatable bonds is 3. The lowest BCUT2D eigenvalue weighted by Crippen LogP contribution is -2.12. The van der Waals surface area contributed by atoms with Gasteiger partial charge in [-0.15, -0.1) is 11.6 Å². The number of aromatic nitrogens is 2. The van der Waals surface area contributed by atoms with Crippen LogP contribution in [-0.2, 0) is 16.0 Å². The zero-order chi connectivity index (χ0) is 9.97. The van der Waals surface area contributed by atoms with Crippen molar-refractivity contribution in [1.82, 2.24) is 9.55 Å². The third kappa shape index (κ3) is 1.78. The Balaban J connectivity index is 2.09. The lowest BCUT2D eigenvalue weighted by atomic mass is 10.4. The standard InChI is InChI=1S/C9H13ClN2O2/c1-2-12-6-11-4-8(12)9-13-5-7(3-10)14-9/h4,6-7,9H,2-3,5H2,1H3. The molecule has 1 saturated heterocycles. The van der Waals surface area contributed by atoms with Crippen molar-refractivity contribution in [2.24, 2.45) is 0 Å². The summed E-state index contributed by atoms with van der Waals surface area (Å²) in [6.07, 6.45) is 3.24. The Bertz CT molecular complexity index is 303. The first kappa shape index (κ1) is 9.96. The molecule has 0 amide bonds. The number of halogens is 1. The highest BCUT2D eigenvalue weighted by molar-refractivity contribution is 6.18. The number of imidazole rings is 1. The first-order valence-corrected chi connectivity index (χ1v) is 5.21. The molecule has 0 radical (unpaired) electrons. The van der Waals surface area contributed by atoms with Crippen LogP contribution in [0.2, 0.25) is 0 Å². The maximum Gasteiger partial charge on any atom is 0.201 e. The van der Waals surface area contributed by atoms with Crippen LogP contribution >= 0.6 is 11.6 Å². The molecule has 1 aromatic rings. The summed E-state index contributed by atoms with van der Waals surface area (Å²) in [5.41, 5.74) is 0.958. The van der Waals surface area contributed by atoms with Gasteiger partial charge in [-0.05, 0) is 6.92 Å². The average Bonchev–Trinajstić information content (AvgIpc) is 2.85. The summed E-state index contributed by atoms with van der Waals surface area (Å²) in [6.45, 7) is 3.48. The van der Waals surface area contributed by atoms with E-state index >= 15 is 0 Å². The molecule has 0 spiro atoms. The summed E-state index contributed by atoms with van der Waals surface area (Å²) in [7, 11) is 0. The molecule has 14 heavy (non-hydrogen) atoms. The predicted molar refractivity (Wildman–Crippen MR) is 52.2 cm³/mol. The number of ether oxygens (including phenoxy) is 2. The van der Waals surface area contributed by atoms with Gasteiger partial charge in [0, 0.05) is 6.54 Å². The van der Waals surface area contributed by atoms with Crippen LogP contribution in [0.15, 0.2) is 12.5 Å².